The van der Waals surface area contributed by atoms with Gasteiger partial charge in [0.25, 0.3) is 0 Å². The van der Waals surface area contributed by atoms with Gasteiger partial charge >= 0.3 is 0 Å². The van der Waals surface area contributed by atoms with Crippen LogP contribution in [0.4, 0.5) is 5.95 Å². The monoisotopic (exact) mass is 336 g/mol. The van der Waals surface area contributed by atoms with Crippen molar-refractivity contribution in [3.63, 3.8) is 0 Å². The fourth-order valence-electron chi connectivity index (χ4n) is 3.12. The van der Waals surface area contributed by atoms with Gasteiger partial charge in [0.2, 0.25) is 5.95 Å². The van der Waals surface area contributed by atoms with E-state index >= 15 is 0 Å². The van der Waals surface area contributed by atoms with Crippen molar-refractivity contribution >= 4 is 27.5 Å². The maximum Gasteiger partial charge on any atom is 0.243 e. The lowest BCUT2D eigenvalue weighted by atomic mass is 9.83. The molecule has 0 aliphatic heterocycles. The van der Waals surface area contributed by atoms with Crippen molar-refractivity contribution < 1.29 is 0 Å². The molecule has 1 aliphatic rings. The standard InChI is InChI=1S/C15H21BrN4/c1-2-4-11-6-8-12(9-7-11)17-15-18-14-13(16)5-3-10-20(14)19-15/h3,5,10-12H,2,4,6-9H2,1H3,(H,17,19). The van der Waals surface area contributed by atoms with Gasteiger partial charge in [-0.3, -0.25) is 0 Å². The second-order valence-corrected chi connectivity index (χ2v) is 6.56. The number of hydrogen-bond donors (Lipinski definition) is 1. The molecule has 2 heterocycles. The normalized spacial score (nSPS) is 23.1. The summed E-state index contributed by atoms with van der Waals surface area (Å²) in [5.74, 6) is 1.68. The Hall–Kier alpha value is -1.10. The molecule has 0 aromatic carbocycles. The second-order valence-electron chi connectivity index (χ2n) is 5.71. The SMILES string of the molecule is CCCC1CCC(Nc2nc3c(Br)cccn3n2)CC1. The predicted octanol–water partition coefficient (Wildman–Crippen LogP) is 4.26. The van der Waals surface area contributed by atoms with E-state index < -0.39 is 0 Å². The van der Waals surface area contributed by atoms with Crippen LogP contribution in [0.2, 0.25) is 0 Å². The number of hydrogen-bond acceptors (Lipinski definition) is 3. The minimum absolute atomic E-state index is 0.527. The molecule has 1 aliphatic carbocycles. The summed E-state index contributed by atoms with van der Waals surface area (Å²) in [7, 11) is 0. The highest BCUT2D eigenvalue weighted by atomic mass is 79.9. The van der Waals surface area contributed by atoms with Gasteiger partial charge in [0.1, 0.15) is 0 Å². The molecule has 0 unspecified atom stereocenters. The van der Waals surface area contributed by atoms with Crippen molar-refractivity contribution in [2.75, 3.05) is 5.32 Å². The first-order valence-corrected chi connectivity index (χ1v) is 8.33. The van der Waals surface area contributed by atoms with Crippen molar-refractivity contribution in [1.29, 1.82) is 0 Å². The van der Waals surface area contributed by atoms with E-state index in [4.69, 9.17) is 0 Å². The Morgan fingerprint density at radius 1 is 1.35 bits per heavy atom. The molecule has 0 bridgehead atoms. The molecule has 20 heavy (non-hydrogen) atoms. The molecular weight excluding hydrogens is 316 g/mol. The van der Waals surface area contributed by atoms with Crippen LogP contribution in [0.15, 0.2) is 22.8 Å². The molecule has 2 aromatic heterocycles. The molecule has 0 amide bonds. The molecule has 0 spiro atoms. The fourth-order valence-corrected chi connectivity index (χ4v) is 3.54. The molecule has 0 radical (unpaired) electrons. The molecule has 108 valence electrons. The number of anilines is 1. The molecule has 1 N–H and O–H groups in total. The third-order valence-corrected chi connectivity index (χ3v) is 4.81. The van der Waals surface area contributed by atoms with E-state index in [0.29, 0.717) is 6.04 Å². The summed E-state index contributed by atoms with van der Waals surface area (Å²) in [5.41, 5.74) is 0.870. The van der Waals surface area contributed by atoms with E-state index in [1.165, 1.54) is 38.5 Å². The zero-order valence-electron chi connectivity index (χ0n) is 11.8. The van der Waals surface area contributed by atoms with Crippen molar-refractivity contribution in [3.8, 4) is 0 Å². The zero-order valence-corrected chi connectivity index (χ0v) is 13.4. The minimum Gasteiger partial charge on any atom is -0.350 e. The number of fused-ring (bicyclic) bond motifs is 1. The van der Waals surface area contributed by atoms with Crippen molar-refractivity contribution in [1.82, 2.24) is 14.6 Å². The third kappa shape index (κ3) is 2.97. The molecule has 1 saturated carbocycles. The van der Waals surface area contributed by atoms with Crippen molar-refractivity contribution in [2.45, 2.75) is 51.5 Å². The molecule has 0 atom stereocenters. The van der Waals surface area contributed by atoms with Gasteiger partial charge in [-0.15, -0.1) is 5.10 Å². The quantitative estimate of drug-likeness (QED) is 0.906. The first kappa shape index (κ1) is 13.9. The number of nitrogens with one attached hydrogen (secondary N) is 1. The van der Waals surface area contributed by atoms with Crippen LogP contribution < -0.4 is 5.32 Å². The lowest BCUT2D eigenvalue weighted by Gasteiger charge is -2.28. The van der Waals surface area contributed by atoms with E-state index in [2.05, 4.69) is 38.3 Å². The summed E-state index contributed by atoms with van der Waals surface area (Å²) in [4.78, 5) is 4.56. The Morgan fingerprint density at radius 3 is 2.85 bits per heavy atom. The van der Waals surface area contributed by atoms with Crippen molar-refractivity contribution in [3.05, 3.63) is 22.8 Å². The molecule has 4 nitrogen and oxygen atoms in total. The van der Waals surface area contributed by atoms with Crippen LogP contribution in [0.3, 0.4) is 0 Å². The fraction of sp³-hybridized carbons (Fsp3) is 0.600. The van der Waals surface area contributed by atoms with Crippen LogP contribution in [0, 0.1) is 5.92 Å². The first-order valence-electron chi connectivity index (χ1n) is 7.53. The Morgan fingerprint density at radius 2 is 2.15 bits per heavy atom. The molecule has 3 rings (SSSR count). The zero-order chi connectivity index (χ0) is 13.9. The lowest BCUT2D eigenvalue weighted by Crippen LogP contribution is -2.26. The average molecular weight is 337 g/mol. The van der Waals surface area contributed by atoms with Gasteiger partial charge < -0.3 is 5.32 Å². The Kier molecular flexibility index (Phi) is 4.24. The molecular formula is C15H21BrN4. The predicted molar refractivity (Wildman–Crippen MR) is 85.0 cm³/mol. The molecule has 1 fully saturated rings. The number of rotatable bonds is 4. The van der Waals surface area contributed by atoms with Crippen molar-refractivity contribution in [2.24, 2.45) is 5.92 Å². The van der Waals surface area contributed by atoms with Gasteiger partial charge in [-0.2, -0.15) is 4.98 Å². The minimum atomic E-state index is 0.527. The van der Waals surface area contributed by atoms with Crippen LogP contribution in [-0.4, -0.2) is 20.6 Å². The summed E-state index contributed by atoms with van der Waals surface area (Å²) in [6, 6.07) is 4.48. The Balaban J connectivity index is 1.64. The van der Waals surface area contributed by atoms with Gasteiger partial charge in [-0.1, -0.05) is 19.8 Å². The number of pyridine rings is 1. The van der Waals surface area contributed by atoms with Gasteiger partial charge in [0.05, 0.1) is 4.47 Å². The average Bonchev–Trinajstić information content (AvgIpc) is 2.85. The largest absolute Gasteiger partial charge is 0.350 e. The molecule has 2 aromatic rings. The summed E-state index contributed by atoms with van der Waals surface area (Å²) in [5, 5.41) is 7.98. The topological polar surface area (TPSA) is 42.2 Å². The highest BCUT2D eigenvalue weighted by Crippen LogP contribution is 2.29. The van der Waals surface area contributed by atoms with E-state index in [1.807, 2.05) is 22.8 Å². The first-order chi connectivity index (χ1) is 9.76. The summed E-state index contributed by atoms with van der Waals surface area (Å²) >= 11 is 3.51. The van der Waals surface area contributed by atoms with Crippen LogP contribution in [-0.2, 0) is 0 Å². The highest BCUT2D eigenvalue weighted by molar-refractivity contribution is 9.10. The van der Waals surface area contributed by atoms with Gasteiger partial charge in [-0.25, -0.2) is 4.52 Å². The van der Waals surface area contributed by atoms with E-state index in [1.54, 1.807) is 0 Å². The van der Waals surface area contributed by atoms with Crippen LogP contribution in [0.25, 0.3) is 5.65 Å². The Bertz CT molecular complexity index is 572. The van der Waals surface area contributed by atoms with Gasteiger partial charge in [-0.05, 0) is 59.7 Å². The third-order valence-electron chi connectivity index (χ3n) is 4.19. The van der Waals surface area contributed by atoms with Crippen LogP contribution in [0.1, 0.15) is 45.4 Å². The van der Waals surface area contributed by atoms with E-state index in [9.17, 15) is 0 Å². The number of nitrogens with zero attached hydrogens (tertiary/aromatic N) is 3. The number of halogens is 1. The van der Waals surface area contributed by atoms with Crippen LogP contribution in [0.5, 0.6) is 0 Å². The second kappa shape index (κ2) is 6.12. The molecule has 0 saturated heterocycles. The summed E-state index contributed by atoms with van der Waals surface area (Å²) in [6.45, 7) is 2.28. The smallest absolute Gasteiger partial charge is 0.243 e. The summed E-state index contributed by atoms with van der Waals surface area (Å²) < 4.78 is 2.79. The number of aromatic nitrogens is 3. The van der Waals surface area contributed by atoms with E-state index in [0.717, 1.165) is 22.0 Å². The maximum absolute atomic E-state index is 4.56. The highest BCUT2D eigenvalue weighted by Gasteiger charge is 2.21. The Labute approximate surface area is 128 Å². The maximum atomic E-state index is 4.56. The molecule has 5 heteroatoms. The van der Waals surface area contributed by atoms with Gasteiger partial charge in [0, 0.05) is 12.2 Å². The van der Waals surface area contributed by atoms with Crippen LogP contribution >= 0.6 is 15.9 Å². The summed E-state index contributed by atoms with van der Waals surface area (Å²) in [6.07, 6.45) is 9.77. The van der Waals surface area contributed by atoms with Gasteiger partial charge in [0.15, 0.2) is 5.65 Å². The van der Waals surface area contributed by atoms with E-state index in [-0.39, 0.29) is 0 Å². The lowest BCUT2D eigenvalue weighted by molar-refractivity contribution is 0.318.